The van der Waals surface area contributed by atoms with Gasteiger partial charge in [0.05, 0.1) is 17.4 Å². The summed E-state index contributed by atoms with van der Waals surface area (Å²) in [5.74, 6) is -0.308. The second-order valence-electron chi connectivity index (χ2n) is 6.68. The van der Waals surface area contributed by atoms with Crippen molar-refractivity contribution in [1.82, 2.24) is 14.9 Å². The predicted molar refractivity (Wildman–Crippen MR) is 109 cm³/mol. The molecule has 0 saturated carbocycles. The maximum absolute atomic E-state index is 13.7. The molecular formula is C21H22ClFN4O2. The number of amides is 1. The summed E-state index contributed by atoms with van der Waals surface area (Å²) in [6.07, 6.45) is 3.81. The lowest BCUT2D eigenvalue weighted by molar-refractivity contribution is -0.120. The van der Waals surface area contributed by atoms with Crippen LogP contribution in [0.2, 0.25) is 5.02 Å². The first kappa shape index (κ1) is 20.8. The van der Waals surface area contributed by atoms with Gasteiger partial charge < -0.3 is 20.4 Å². The maximum Gasteiger partial charge on any atom is 0.234 e. The Bertz CT molecular complexity index is 992. The van der Waals surface area contributed by atoms with Crippen LogP contribution < -0.4 is 15.8 Å². The SMILES string of the molecule is Cn1cncc1CC(NCc1ccc(OCc2ccccc2F)c(Cl)c1)C(N)=O. The summed E-state index contributed by atoms with van der Waals surface area (Å²) in [5.41, 5.74) is 7.74. The standard InChI is InChI=1S/C21H22ClFN4O2/c1-27-13-25-11-16(27)9-19(21(24)28)26-10-14-6-7-20(17(22)8-14)29-12-15-4-2-3-5-18(15)23/h2-8,11,13,19,26H,9-10,12H2,1H3,(H2,24,28). The number of rotatable bonds is 9. The predicted octanol–water partition coefficient (Wildman–Crippen LogP) is 2.98. The number of benzene rings is 2. The number of aromatic nitrogens is 2. The van der Waals surface area contributed by atoms with Crippen molar-refractivity contribution in [3.63, 3.8) is 0 Å². The van der Waals surface area contributed by atoms with E-state index in [0.717, 1.165) is 11.3 Å². The molecule has 0 fully saturated rings. The first-order valence-electron chi connectivity index (χ1n) is 9.06. The zero-order chi connectivity index (χ0) is 20.8. The number of carbonyl (C=O) groups is 1. The smallest absolute Gasteiger partial charge is 0.234 e. The highest BCUT2D eigenvalue weighted by atomic mass is 35.5. The monoisotopic (exact) mass is 416 g/mol. The molecule has 3 N–H and O–H groups in total. The van der Waals surface area contributed by atoms with E-state index in [9.17, 15) is 9.18 Å². The van der Waals surface area contributed by atoms with Crippen LogP contribution in [-0.2, 0) is 31.4 Å². The lowest BCUT2D eigenvalue weighted by Gasteiger charge is -2.16. The van der Waals surface area contributed by atoms with Crippen LogP contribution in [0.4, 0.5) is 4.39 Å². The fourth-order valence-corrected chi connectivity index (χ4v) is 3.10. The highest BCUT2D eigenvalue weighted by Crippen LogP contribution is 2.26. The van der Waals surface area contributed by atoms with Gasteiger partial charge in [0.15, 0.2) is 0 Å². The number of halogens is 2. The van der Waals surface area contributed by atoms with E-state index in [2.05, 4.69) is 10.3 Å². The van der Waals surface area contributed by atoms with Crippen LogP contribution >= 0.6 is 11.6 Å². The number of nitrogens with one attached hydrogen (secondary N) is 1. The second kappa shape index (κ2) is 9.54. The number of hydrogen-bond acceptors (Lipinski definition) is 4. The Kier molecular flexibility index (Phi) is 6.85. The largest absolute Gasteiger partial charge is 0.487 e. The normalized spacial score (nSPS) is 12.0. The number of nitrogens with zero attached hydrogens (tertiary/aromatic N) is 2. The molecule has 152 valence electrons. The number of nitrogens with two attached hydrogens (primary N) is 1. The fourth-order valence-electron chi connectivity index (χ4n) is 2.85. The molecule has 3 rings (SSSR count). The van der Waals surface area contributed by atoms with Gasteiger partial charge in [0.1, 0.15) is 18.2 Å². The van der Waals surface area contributed by atoms with Gasteiger partial charge in [0, 0.05) is 37.5 Å². The minimum Gasteiger partial charge on any atom is -0.487 e. The summed E-state index contributed by atoms with van der Waals surface area (Å²) in [4.78, 5) is 15.8. The third-order valence-electron chi connectivity index (χ3n) is 4.56. The third kappa shape index (κ3) is 5.56. The third-order valence-corrected chi connectivity index (χ3v) is 4.86. The molecule has 1 aromatic heterocycles. The number of primary amides is 1. The molecule has 0 aliphatic heterocycles. The molecule has 29 heavy (non-hydrogen) atoms. The van der Waals surface area contributed by atoms with Crippen LogP contribution in [0.15, 0.2) is 55.0 Å². The highest BCUT2D eigenvalue weighted by Gasteiger charge is 2.17. The van der Waals surface area contributed by atoms with Crippen molar-refractivity contribution in [2.45, 2.75) is 25.6 Å². The van der Waals surface area contributed by atoms with Gasteiger partial charge >= 0.3 is 0 Å². The molecule has 1 amide bonds. The van der Waals surface area contributed by atoms with Gasteiger partial charge in [-0.25, -0.2) is 9.37 Å². The number of aryl methyl sites for hydroxylation is 1. The quantitative estimate of drug-likeness (QED) is 0.561. The molecule has 0 aliphatic carbocycles. The van der Waals surface area contributed by atoms with E-state index in [1.807, 2.05) is 17.7 Å². The summed E-state index contributed by atoms with van der Waals surface area (Å²) in [5, 5.41) is 3.55. The Hall–Kier alpha value is -2.90. The van der Waals surface area contributed by atoms with E-state index in [1.165, 1.54) is 6.07 Å². The van der Waals surface area contributed by atoms with Gasteiger partial charge in [0.25, 0.3) is 0 Å². The van der Waals surface area contributed by atoms with E-state index < -0.39 is 11.9 Å². The Morgan fingerprint density at radius 1 is 1.34 bits per heavy atom. The average Bonchev–Trinajstić information content (AvgIpc) is 3.10. The topological polar surface area (TPSA) is 82.2 Å². The Morgan fingerprint density at radius 2 is 2.14 bits per heavy atom. The van der Waals surface area contributed by atoms with Crippen LogP contribution in [0.3, 0.4) is 0 Å². The van der Waals surface area contributed by atoms with E-state index in [0.29, 0.717) is 29.3 Å². The number of carbonyl (C=O) groups excluding carboxylic acids is 1. The molecule has 0 radical (unpaired) electrons. The van der Waals surface area contributed by atoms with Crippen molar-refractivity contribution < 1.29 is 13.9 Å². The van der Waals surface area contributed by atoms with Crippen molar-refractivity contribution >= 4 is 17.5 Å². The minimum absolute atomic E-state index is 0.0818. The van der Waals surface area contributed by atoms with Crippen LogP contribution in [0.1, 0.15) is 16.8 Å². The molecule has 1 heterocycles. The summed E-state index contributed by atoms with van der Waals surface area (Å²) in [6.45, 7) is 0.483. The molecule has 1 atom stereocenters. The maximum atomic E-state index is 13.7. The molecular weight excluding hydrogens is 395 g/mol. The van der Waals surface area contributed by atoms with Gasteiger partial charge in [-0.05, 0) is 23.8 Å². The van der Waals surface area contributed by atoms with E-state index >= 15 is 0 Å². The molecule has 3 aromatic rings. The minimum atomic E-state index is -0.541. The van der Waals surface area contributed by atoms with E-state index in [4.69, 9.17) is 22.1 Å². The van der Waals surface area contributed by atoms with Crippen LogP contribution in [-0.4, -0.2) is 21.5 Å². The summed E-state index contributed by atoms with van der Waals surface area (Å²) in [6, 6.07) is 11.2. The van der Waals surface area contributed by atoms with Crippen LogP contribution in [0.25, 0.3) is 0 Å². The summed E-state index contributed by atoms with van der Waals surface area (Å²) in [7, 11) is 1.86. The first-order chi connectivity index (χ1) is 13.9. The molecule has 6 nitrogen and oxygen atoms in total. The molecule has 0 spiro atoms. The van der Waals surface area contributed by atoms with E-state index in [1.54, 1.807) is 42.9 Å². The van der Waals surface area contributed by atoms with Gasteiger partial charge in [-0.15, -0.1) is 0 Å². The van der Waals surface area contributed by atoms with Crippen LogP contribution in [0.5, 0.6) is 5.75 Å². The average molecular weight is 417 g/mol. The molecule has 0 aliphatic rings. The van der Waals surface area contributed by atoms with Crippen molar-refractivity contribution in [3.05, 3.63) is 82.6 Å². The van der Waals surface area contributed by atoms with Gasteiger partial charge in [-0.2, -0.15) is 0 Å². The Balaban J connectivity index is 1.59. The lowest BCUT2D eigenvalue weighted by Crippen LogP contribution is -2.42. The molecule has 1 unspecified atom stereocenters. The van der Waals surface area contributed by atoms with Crippen molar-refractivity contribution in [2.75, 3.05) is 0 Å². The lowest BCUT2D eigenvalue weighted by atomic mass is 10.1. The van der Waals surface area contributed by atoms with Crippen molar-refractivity contribution in [1.29, 1.82) is 0 Å². The van der Waals surface area contributed by atoms with Crippen molar-refractivity contribution in [3.8, 4) is 5.75 Å². The molecule has 0 saturated heterocycles. The van der Waals surface area contributed by atoms with Crippen molar-refractivity contribution in [2.24, 2.45) is 12.8 Å². The summed E-state index contributed by atoms with van der Waals surface area (Å²) >= 11 is 6.30. The Labute approximate surface area is 173 Å². The first-order valence-corrected chi connectivity index (χ1v) is 9.44. The van der Waals surface area contributed by atoms with Gasteiger partial charge in [0.2, 0.25) is 5.91 Å². The molecule has 2 aromatic carbocycles. The second-order valence-corrected chi connectivity index (χ2v) is 7.09. The Morgan fingerprint density at radius 3 is 2.79 bits per heavy atom. The highest BCUT2D eigenvalue weighted by molar-refractivity contribution is 6.32. The number of ether oxygens (including phenoxy) is 1. The number of hydrogen-bond donors (Lipinski definition) is 2. The van der Waals surface area contributed by atoms with Crippen LogP contribution in [0, 0.1) is 5.82 Å². The van der Waals surface area contributed by atoms with E-state index in [-0.39, 0.29) is 12.4 Å². The molecule has 8 heteroatoms. The number of imidazole rings is 1. The summed E-state index contributed by atoms with van der Waals surface area (Å²) < 4.78 is 21.2. The fraction of sp³-hybridized carbons (Fsp3) is 0.238. The van der Waals surface area contributed by atoms with Gasteiger partial charge in [-0.3, -0.25) is 4.79 Å². The van der Waals surface area contributed by atoms with Gasteiger partial charge in [-0.1, -0.05) is 35.9 Å². The zero-order valence-electron chi connectivity index (χ0n) is 15.9. The zero-order valence-corrected chi connectivity index (χ0v) is 16.7. The molecule has 0 bridgehead atoms.